The molecule has 0 radical (unpaired) electrons. The van der Waals surface area contributed by atoms with Crippen LogP contribution in [0.15, 0.2) is 158 Å². The minimum Gasteiger partial charge on any atom is -0.308 e. The Morgan fingerprint density at radius 1 is 0.410 bits per heavy atom. The van der Waals surface area contributed by atoms with Crippen molar-refractivity contribution in [2.45, 2.75) is 52.4 Å². The van der Waals surface area contributed by atoms with Crippen molar-refractivity contribution in [2.24, 2.45) is 0 Å². The average molecular weight is 785 g/mol. The Morgan fingerprint density at radius 3 is 1.61 bits per heavy atom. The zero-order valence-electron chi connectivity index (χ0n) is 35.3. The summed E-state index contributed by atoms with van der Waals surface area (Å²) in [4.78, 5) is 8.31. The van der Waals surface area contributed by atoms with Crippen LogP contribution in [0.4, 0.5) is 17.1 Å². The van der Waals surface area contributed by atoms with Gasteiger partial charge in [-0.15, -0.1) is 0 Å². The largest absolute Gasteiger partial charge is 0.308 e. The standard InChI is InChI=1S/C57H44N4/c1-56(2,3)35-25-26-46-41(29-35)42-30-36(57(4,5)6)31-43-44-32-47-51(58-55(44)61(46)52(42)43)45-27-33-17-13-15-23-39(33)49-50-40-24-16-14-18-34(40)28-48(54(50)60(47)53(45)49)59(37-19-9-7-10-20-37)38-21-11-8-12-22-38/h7-32H,1-6H3. The number of nitrogens with zero attached hydrogens (tertiary/aromatic N) is 4. The van der Waals surface area contributed by atoms with E-state index in [4.69, 9.17) is 4.98 Å². The predicted octanol–water partition coefficient (Wildman–Crippen LogP) is 15.8. The number of anilines is 3. The maximum absolute atomic E-state index is 5.87. The fourth-order valence-corrected chi connectivity index (χ4v) is 10.6. The van der Waals surface area contributed by atoms with Gasteiger partial charge in [0.2, 0.25) is 0 Å². The molecule has 4 nitrogen and oxygen atoms in total. The summed E-state index contributed by atoms with van der Waals surface area (Å²) in [5, 5.41) is 13.7. The fraction of sp³-hybridized carbons (Fsp3) is 0.140. The second-order valence-electron chi connectivity index (χ2n) is 19.3. The van der Waals surface area contributed by atoms with Gasteiger partial charge in [0, 0.05) is 49.1 Å². The Kier molecular flexibility index (Phi) is 6.69. The molecule has 0 fully saturated rings. The minimum atomic E-state index is -0.0406. The molecule has 0 aliphatic rings. The van der Waals surface area contributed by atoms with E-state index < -0.39 is 0 Å². The van der Waals surface area contributed by atoms with Crippen LogP contribution in [0.2, 0.25) is 0 Å². The summed E-state index contributed by atoms with van der Waals surface area (Å²) in [6.07, 6.45) is 0. The Morgan fingerprint density at radius 2 is 0.967 bits per heavy atom. The lowest BCUT2D eigenvalue weighted by atomic mass is 9.84. The first-order valence-corrected chi connectivity index (χ1v) is 21.6. The third-order valence-electron chi connectivity index (χ3n) is 13.6. The number of fused-ring (bicyclic) bond motifs is 16. The maximum Gasteiger partial charge on any atom is 0.146 e. The highest BCUT2D eigenvalue weighted by Crippen LogP contribution is 2.51. The van der Waals surface area contributed by atoms with Gasteiger partial charge in [-0.2, -0.15) is 0 Å². The van der Waals surface area contributed by atoms with Gasteiger partial charge in [0.15, 0.2) is 0 Å². The molecule has 0 spiro atoms. The van der Waals surface area contributed by atoms with Crippen LogP contribution in [0, 0.1) is 0 Å². The molecular formula is C57H44N4. The Hall–Kier alpha value is -7.17. The van der Waals surface area contributed by atoms with Gasteiger partial charge in [0.25, 0.3) is 0 Å². The second kappa shape index (κ2) is 11.8. The average Bonchev–Trinajstić information content (AvgIpc) is 3.99. The molecule has 292 valence electrons. The van der Waals surface area contributed by atoms with Gasteiger partial charge in [0.05, 0.1) is 38.8 Å². The first-order chi connectivity index (χ1) is 29.5. The lowest BCUT2D eigenvalue weighted by molar-refractivity contribution is 0.590. The van der Waals surface area contributed by atoms with Crippen molar-refractivity contribution in [3.63, 3.8) is 0 Å². The first-order valence-electron chi connectivity index (χ1n) is 21.6. The van der Waals surface area contributed by atoms with Crippen LogP contribution in [0.25, 0.3) is 98.0 Å². The van der Waals surface area contributed by atoms with Crippen molar-refractivity contribution in [1.29, 1.82) is 0 Å². The van der Waals surface area contributed by atoms with Crippen LogP contribution >= 0.6 is 0 Å². The number of hydrogen-bond donors (Lipinski definition) is 0. The van der Waals surface area contributed by atoms with Gasteiger partial charge >= 0.3 is 0 Å². The lowest BCUT2D eigenvalue weighted by Gasteiger charge is -2.27. The highest BCUT2D eigenvalue weighted by Gasteiger charge is 2.30. The molecular weight excluding hydrogens is 741 g/mol. The normalized spacial score (nSPS) is 13.1. The molecule has 8 aromatic carbocycles. The molecule has 0 saturated heterocycles. The predicted molar refractivity (Wildman–Crippen MR) is 261 cm³/mol. The van der Waals surface area contributed by atoms with Gasteiger partial charge in [-0.25, -0.2) is 4.98 Å². The van der Waals surface area contributed by atoms with E-state index in [-0.39, 0.29) is 10.8 Å². The van der Waals surface area contributed by atoms with E-state index in [9.17, 15) is 0 Å². The molecule has 13 rings (SSSR count). The van der Waals surface area contributed by atoms with Crippen molar-refractivity contribution >= 4 is 115 Å². The molecule has 0 atom stereocenters. The SMILES string of the molecule is CC(C)(C)c1ccc2c(c1)c1cc(C(C)(C)C)cc3c4cc5c(nc4n2c13)c1cc2ccccc2c2c3c4ccccc4cc(N(c4ccccc4)c4ccccc4)c3n5c12. The van der Waals surface area contributed by atoms with Crippen molar-refractivity contribution in [2.75, 3.05) is 4.90 Å². The monoisotopic (exact) mass is 784 g/mol. The molecule has 61 heavy (non-hydrogen) atoms. The summed E-state index contributed by atoms with van der Waals surface area (Å²) < 4.78 is 5.03. The summed E-state index contributed by atoms with van der Waals surface area (Å²) in [5.74, 6) is 0. The van der Waals surface area contributed by atoms with E-state index in [1.54, 1.807) is 0 Å². The molecule has 0 unspecified atom stereocenters. The van der Waals surface area contributed by atoms with E-state index in [2.05, 4.69) is 213 Å². The summed E-state index contributed by atoms with van der Waals surface area (Å²) in [7, 11) is 0. The summed E-state index contributed by atoms with van der Waals surface area (Å²) in [6.45, 7) is 13.9. The third-order valence-corrected chi connectivity index (χ3v) is 13.6. The zero-order chi connectivity index (χ0) is 41.1. The van der Waals surface area contributed by atoms with Crippen LogP contribution in [0.3, 0.4) is 0 Å². The summed E-state index contributed by atoms with van der Waals surface area (Å²) in [5.41, 5.74) is 14.1. The number of pyridine rings is 1. The van der Waals surface area contributed by atoms with Crippen LogP contribution in [0.5, 0.6) is 0 Å². The Balaban J connectivity index is 1.28. The van der Waals surface area contributed by atoms with Crippen molar-refractivity contribution < 1.29 is 0 Å². The van der Waals surface area contributed by atoms with Crippen molar-refractivity contribution in [3.05, 3.63) is 169 Å². The second-order valence-corrected chi connectivity index (χ2v) is 19.3. The number of aromatic nitrogens is 3. The van der Waals surface area contributed by atoms with Crippen molar-refractivity contribution in [1.82, 2.24) is 13.8 Å². The topological polar surface area (TPSA) is 24.9 Å². The summed E-state index contributed by atoms with van der Waals surface area (Å²) >= 11 is 0. The van der Waals surface area contributed by atoms with Crippen molar-refractivity contribution in [3.8, 4) is 0 Å². The quantitative estimate of drug-likeness (QED) is 0.178. The molecule has 5 aromatic heterocycles. The van der Waals surface area contributed by atoms with E-state index in [1.165, 1.54) is 92.4 Å². The van der Waals surface area contributed by atoms with Gasteiger partial charge < -0.3 is 9.30 Å². The molecule has 13 aromatic rings. The van der Waals surface area contributed by atoms with Crippen LogP contribution in [0.1, 0.15) is 52.7 Å². The molecule has 5 heterocycles. The van der Waals surface area contributed by atoms with Gasteiger partial charge in [0.1, 0.15) is 5.65 Å². The maximum atomic E-state index is 5.87. The zero-order valence-corrected chi connectivity index (χ0v) is 35.3. The highest BCUT2D eigenvalue weighted by molar-refractivity contribution is 6.37. The van der Waals surface area contributed by atoms with Gasteiger partial charge in [-0.3, -0.25) is 4.40 Å². The molecule has 0 saturated carbocycles. The highest BCUT2D eigenvalue weighted by atomic mass is 15.2. The Bertz CT molecular complexity index is 3890. The molecule has 4 heteroatoms. The van der Waals surface area contributed by atoms with Gasteiger partial charge in [-0.1, -0.05) is 133 Å². The first kappa shape index (κ1) is 34.7. The van der Waals surface area contributed by atoms with Crippen LogP contribution in [-0.2, 0) is 10.8 Å². The number of hydrogen-bond acceptors (Lipinski definition) is 2. The molecule has 0 N–H and O–H groups in total. The number of benzene rings is 8. The molecule has 0 amide bonds. The third kappa shape index (κ3) is 4.62. The van der Waals surface area contributed by atoms with Crippen LogP contribution < -0.4 is 4.90 Å². The molecule has 0 bridgehead atoms. The summed E-state index contributed by atoms with van der Waals surface area (Å²) in [6, 6.07) is 58.8. The van der Waals surface area contributed by atoms with E-state index in [1.807, 2.05) is 0 Å². The van der Waals surface area contributed by atoms with Gasteiger partial charge in [-0.05, 0) is 110 Å². The number of rotatable bonds is 3. The minimum absolute atomic E-state index is 0.0344. The van der Waals surface area contributed by atoms with E-state index >= 15 is 0 Å². The lowest BCUT2D eigenvalue weighted by Crippen LogP contribution is -2.11. The Labute approximate surface area is 353 Å². The molecule has 0 aliphatic carbocycles. The smallest absolute Gasteiger partial charge is 0.146 e. The fourth-order valence-electron chi connectivity index (χ4n) is 10.6. The van der Waals surface area contributed by atoms with E-state index in [0.717, 1.165) is 33.7 Å². The number of para-hydroxylation sites is 2. The molecule has 0 aliphatic heterocycles. The van der Waals surface area contributed by atoms with E-state index in [0.29, 0.717) is 0 Å². The van der Waals surface area contributed by atoms with Crippen LogP contribution in [-0.4, -0.2) is 13.8 Å².